The van der Waals surface area contributed by atoms with Crippen molar-refractivity contribution in [3.63, 3.8) is 0 Å². The molecule has 3 amide bonds. The molecule has 1 atom stereocenters. The summed E-state index contributed by atoms with van der Waals surface area (Å²) in [4.78, 5) is 41.7. The van der Waals surface area contributed by atoms with Crippen LogP contribution in [0.25, 0.3) is 10.8 Å². The average Bonchev–Trinajstić information content (AvgIpc) is 3.27. The first-order chi connectivity index (χ1) is 16.0. The van der Waals surface area contributed by atoms with Crippen LogP contribution in [0.3, 0.4) is 0 Å². The molecule has 0 spiro atoms. The largest absolute Gasteiger partial charge is 0.338 e. The Hall–Kier alpha value is -3.67. The molecule has 3 aromatic carbocycles. The van der Waals surface area contributed by atoms with E-state index < -0.39 is 0 Å². The number of nitrogens with one attached hydrogen (secondary N) is 1. The van der Waals surface area contributed by atoms with Crippen LogP contribution in [-0.4, -0.2) is 42.3 Å². The lowest BCUT2D eigenvalue weighted by Crippen LogP contribution is -2.43. The third-order valence-corrected chi connectivity index (χ3v) is 6.72. The number of carbonyl (C=O) groups excluding carboxylic acids is 3. The number of piperidine rings is 1. The van der Waals surface area contributed by atoms with E-state index in [0.29, 0.717) is 25.2 Å². The highest BCUT2D eigenvalue weighted by Gasteiger charge is 2.30. The average molecular weight is 442 g/mol. The van der Waals surface area contributed by atoms with Crippen LogP contribution in [-0.2, 0) is 16.0 Å². The molecule has 0 bridgehead atoms. The monoisotopic (exact) mass is 441 g/mol. The second-order valence-corrected chi connectivity index (χ2v) is 8.87. The molecule has 1 unspecified atom stereocenters. The van der Waals surface area contributed by atoms with E-state index in [4.69, 9.17) is 0 Å². The number of fused-ring (bicyclic) bond motifs is 2. The molecule has 6 nitrogen and oxygen atoms in total. The number of amides is 3. The lowest BCUT2D eigenvalue weighted by Gasteiger charge is -2.32. The maximum Gasteiger partial charge on any atom is 0.254 e. The molecule has 2 aliphatic rings. The van der Waals surface area contributed by atoms with Gasteiger partial charge in [0.2, 0.25) is 11.8 Å². The molecule has 1 N–H and O–H groups in total. The molecular formula is C27H27N3O3. The summed E-state index contributed by atoms with van der Waals surface area (Å²) >= 11 is 0. The van der Waals surface area contributed by atoms with Gasteiger partial charge >= 0.3 is 0 Å². The molecule has 1 fully saturated rings. The molecule has 0 aromatic heterocycles. The minimum atomic E-state index is -0.250. The van der Waals surface area contributed by atoms with Crippen molar-refractivity contribution in [1.29, 1.82) is 0 Å². The lowest BCUT2D eigenvalue weighted by molar-refractivity contribution is -0.121. The Bertz CT molecular complexity index is 1250. The Labute approximate surface area is 193 Å². The summed E-state index contributed by atoms with van der Waals surface area (Å²) in [6.45, 7) is 3.32. The molecule has 0 radical (unpaired) electrons. The van der Waals surface area contributed by atoms with E-state index in [1.54, 1.807) is 11.8 Å². The number of hydrogen-bond acceptors (Lipinski definition) is 3. The van der Waals surface area contributed by atoms with Crippen molar-refractivity contribution in [2.45, 2.75) is 26.2 Å². The summed E-state index contributed by atoms with van der Waals surface area (Å²) in [6.07, 6.45) is 2.34. The molecule has 0 saturated carbocycles. The van der Waals surface area contributed by atoms with Crippen LogP contribution >= 0.6 is 0 Å². The highest BCUT2D eigenvalue weighted by Crippen LogP contribution is 2.31. The lowest BCUT2D eigenvalue weighted by atomic mass is 9.95. The maximum atomic E-state index is 13.3. The fraction of sp³-hybridized carbons (Fsp3) is 0.296. The van der Waals surface area contributed by atoms with Crippen LogP contribution in [0.5, 0.6) is 0 Å². The zero-order chi connectivity index (χ0) is 22.9. The molecule has 6 heteroatoms. The summed E-state index contributed by atoms with van der Waals surface area (Å²) in [6, 6.07) is 19.4. The first-order valence-electron chi connectivity index (χ1n) is 11.5. The van der Waals surface area contributed by atoms with Crippen molar-refractivity contribution in [3.8, 4) is 0 Å². The minimum Gasteiger partial charge on any atom is -0.338 e. The van der Waals surface area contributed by atoms with Gasteiger partial charge in [-0.25, -0.2) is 0 Å². The first-order valence-corrected chi connectivity index (χ1v) is 11.5. The minimum absolute atomic E-state index is 0.0221. The molecule has 5 rings (SSSR count). The number of likely N-dealkylation sites (tertiary alicyclic amines) is 1. The summed E-state index contributed by atoms with van der Waals surface area (Å²) in [7, 11) is 0. The highest BCUT2D eigenvalue weighted by molar-refractivity contribution is 6.07. The van der Waals surface area contributed by atoms with E-state index in [2.05, 4.69) is 5.32 Å². The van der Waals surface area contributed by atoms with Gasteiger partial charge in [0, 0.05) is 43.5 Å². The van der Waals surface area contributed by atoms with Crippen molar-refractivity contribution < 1.29 is 14.4 Å². The van der Waals surface area contributed by atoms with Gasteiger partial charge in [0.15, 0.2) is 0 Å². The van der Waals surface area contributed by atoms with Gasteiger partial charge in [-0.2, -0.15) is 0 Å². The fourth-order valence-electron chi connectivity index (χ4n) is 5.01. The summed E-state index contributed by atoms with van der Waals surface area (Å²) < 4.78 is 0. The Morgan fingerprint density at radius 1 is 0.970 bits per heavy atom. The zero-order valence-corrected chi connectivity index (χ0v) is 18.7. The normalized spacial score (nSPS) is 17.7. The second-order valence-electron chi connectivity index (χ2n) is 8.87. The predicted octanol–water partition coefficient (Wildman–Crippen LogP) is 4.24. The van der Waals surface area contributed by atoms with Crippen LogP contribution in [0.4, 0.5) is 11.4 Å². The Kier molecular flexibility index (Phi) is 5.58. The van der Waals surface area contributed by atoms with Crippen molar-refractivity contribution in [1.82, 2.24) is 4.90 Å². The van der Waals surface area contributed by atoms with Gasteiger partial charge in [0.05, 0.1) is 5.92 Å². The van der Waals surface area contributed by atoms with Gasteiger partial charge in [-0.15, -0.1) is 0 Å². The number of carbonyl (C=O) groups is 3. The topological polar surface area (TPSA) is 69.7 Å². The van der Waals surface area contributed by atoms with E-state index in [0.717, 1.165) is 47.0 Å². The number of nitrogens with zero attached hydrogens (tertiary/aromatic N) is 2. The van der Waals surface area contributed by atoms with Crippen molar-refractivity contribution in [2.24, 2.45) is 5.92 Å². The van der Waals surface area contributed by atoms with Gasteiger partial charge in [-0.05, 0) is 59.9 Å². The summed E-state index contributed by atoms with van der Waals surface area (Å²) in [5.41, 5.74) is 3.41. The van der Waals surface area contributed by atoms with Gasteiger partial charge in [0.1, 0.15) is 0 Å². The van der Waals surface area contributed by atoms with Crippen molar-refractivity contribution >= 4 is 39.9 Å². The number of rotatable bonds is 3. The van der Waals surface area contributed by atoms with Gasteiger partial charge in [-0.3, -0.25) is 14.4 Å². The highest BCUT2D eigenvalue weighted by atomic mass is 16.2. The zero-order valence-electron chi connectivity index (χ0n) is 18.7. The SMILES string of the molecule is CC(=O)N1CCc2cc(NC(=O)C3CCCN(C(=O)c4cccc5ccccc45)C3)ccc21. The van der Waals surface area contributed by atoms with Crippen molar-refractivity contribution in [2.75, 3.05) is 29.9 Å². The second kappa shape index (κ2) is 8.70. The Balaban J connectivity index is 1.29. The van der Waals surface area contributed by atoms with Gasteiger partial charge in [0.25, 0.3) is 5.91 Å². The molecule has 3 aromatic rings. The standard InChI is InChI=1S/C27H27N3O3/c1-18(31)30-15-13-20-16-22(11-12-25(20)30)28-26(32)21-8-5-14-29(17-21)27(33)24-10-4-7-19-6-2-3-9-23(19)24/h2-4,6-7,9-12,16,21H,5,8,13-15,17H2,1H3,(H,28,32). The van der Waals surface area contributed by atoms with Crippen LogP contribution in [0, 0.1) is 5.92 Å². The molecule has 33 heavy (non-hydrogen) atoms. The third kappa shape index (κ3) is 4.09. The summed E-state index contributed by atoms with van der Waals surface area (Å²) in [5.74, 6) is -0.304. The third-order valence-electron chi connectivity index (χ3n) is 6.72. The van der Waals surface area contributed by atoms with Crippen molar-refractivity contribution in [3.05, 3.63) is 71.8 Å². The van der Waals surface area contributed by atoms with Crippen LogP contribution in [0.15, 0.2) is 60.7 Å². The molecular weight excluding hydrogens is 414 g/mol. The molecule has 2 heterocycles. The van der Waals surface area contributed by atoms with Gasteiger partial charge in [-0.1, -0.05) is 36.4 Å². The number of hydrogen-bond donors (Lipinski definition) is 1. The smallest absolute Gasteiger partial charge is 0.254 e. The van der Waals surface area contributed by atoms with E-state index in [9.17, 15) is 14.4 Å². The molecule has 0 aliphatic carbocycles. The van der Waals surface area contributed by atoms with Gasteiger partial charge < -0.3 is 15.1 Å². The fourth-order valence-corrected chi connectivity index (χ4v) is 5.01. The number of anilines is 2. The predicted molar refractivity (Wildman–Crippen MR) is 129 cm³/mol. The van der Waals surface area contributed by atoms with E-state index >= 15 is 0 Å². The van der Waals surface area contributed by atoms with Crippen LogP contribution in [0.2, 0.25) is 0 Å². The van der Waals surface area contributed by atoms with Crippen LogP contribution < -0.4 is 10.2 Å². The van der Waals surface area contributed by atoms with E-state index in [1.165, 1.54) is 0 Å². The van der Waals surface area contributed by atoms with E-state index in [1.807, 2.05) is 65.6 Å². The maximum absolute atomic E-state index is 13.3. The Morgan fingerprint density at radius 3 is 2.64 bits per heavy atom. The molecule has 2 aliphatic heterocycles. The van der Waals surface area contributed by atoms with E-state index in [-0.39, 0.29) is 23.6 Å². The molecule has 168 valence electrons. The summed E-state index contributed by atoms with van der Waals surface area (Å²) in [5, 5.41) is 5.01. The Morgan fingerprint density at radius 2 is 1.79 bits per heavy atom. The first kappa shape index (κ1) is 21.2. The number of benzene rings is 3. The molecule has 1 saturated heterocycles. The van der Waals surface area contributed by atoms with Crippen LogP contribution in [0.1, 0.15) is 35.7 Å². The quantitative estimate of drug-likeness (QED) is 0.661.